The van der Waals surface area contributed by atoms with Crippen molar-refractivity contribution in [1.82, 2.24) is 4.90 Å². The fraction of sp³-hybridized carbons (Fsp3) is 0.542. The van der Waals surface area contributed by atoms with Gasteiger partial charge in [-0.2, -0.15) is 0 Å². The molecule has 0 heterocycles. The number of carbonyl (C=O) groups is 2. The smallest absolute Gasteiger partial charge is 0.333 e. The van der Waals surface area contributed by atoms with Crippen molar-refractivity contribution in [2.24, 2.45) is 5.73 Å². The molecule has 0 bridgehead atoms. The predicted molar refractivity (Wildman–Crippen MR) is 124 cm³/mol. The van der Waals surface area contributed by atoms with Crippen LogP contribution in [0.5, 0.6) is 0 Å². The first-order valence-corrected chi connectivity index (χ1v) is 10.9. The first-order valence-electron chi connectivity index (χ1n) is 10.9. The van der Waals surface area contributed by atoms with Crippen LogP contribution in [0.4, 0.5) is 0 Å². The Morgan fingerprint density at radius 2 is 1.33 bits per heavy atom. The van der Waals surface area contributed by atoms with Crippen molar-refractivity contribution < 1.29 is 14.3 Å². The third-order valence-corrected chi connectivity index (χ3v) is 4.21. The topological polar surface area (TPSA) is 96.5 Å². The van der Waals surface area contributed by atoms with Crippen LogP contribution in [-0.2, 0) is 14.3 Å². The van der Waals surface area contributed by atoms with Crippen molar-refractivity contribution in [3.8, 4) is 0 Å². The molecule has 0 fully saturated rings. The van der Waals surface area contributed by atoms with Crippen molar-refractivity contribution >= 4 is 17.9 Å². The Hall–Kier alpha value is -2.63. The zero-order valence-electron chi connectivity index (χ0n) is 18.6. The number of allylic oxidation sites excluding steroid dienone is 8. The summed E-state index contributed by atoms with van der Waals surface area (Å²) in [4.78, 5) is 24.3. The molecule has 3 N–H and O–H groups in total. The van der Waals surface area contributed by atoms with Gasteiger partial charge in [-0.05, 0) is 44.9 Å². The highest BCUT2D eigenvalue weighted by Crippen LogP contribution is 2.02. The molecule has 0 aromatic carbocycles. The van der Waals surface area contributed by atoms with E-state index in [0.717, 1.165) is 25.7 Å². The lowest BCUT2D eigenvalue weighted by Gasteiger charge is -2.14. The summed E-state index contributed by atoms with van der Waals surface area (Å²) in [5.41, 5.74) is 5.22. The lowest BCUT2D eigenvalue weighted by Crippen LogP contribution is -2.37. The molecule has 0 saturated heterocycles. The molecule has 0 aromatic rings. The number of nitrogens with zero attached hydrogens (tertiary/aromatic N) is 1. The number of rotatable bonds is 16. The Kier molecular flexibility index (Phi) is 18.0. The maximum Gasteiger partial charge on any atom is 0.333 e. The summed E-state index contributed by atoms with van der Waals surface area (Å²) in [6.07, 6.45) is 26.7. The van der Waals surface area contributed by atoms with Gasteiger partial charge in [-0.25, -0.2) is 4.79 Å². The molecular formula is C24H39N3O3. The van der Waals surface area contributed by atoms with Crippen LogP contribution >= 0.6 is 0 Å². The van der Waals surface area contributed by atoms with E-state index in [0.29, 0.717) is 6.42 Å². The number of unbranched alkanes of at least 4 members (excludes halogenated alkanes) is 4. The zero-order chi connectivity index (χ0) is 22.5. The summed E-state index contributed by atoms with van der Waals surface area (Å²) in [7, 11) is 1.48. The minimum Gasteiger partial charge on any atom is -0.392 e. The van der Waals surface area contributed by atoms with Gasteiger partial charge in [-0.3, -0.25) is 10.2 Å². The summed E-state index contributed by atoms with van der Waals surface area (Å²) in [5, 5.41) is 7.16. The van der Waals surface area contributed by atoms with Crippen molar-refractivity contribution in [3.63, 3.8) is 0 Å². The van der Waals surface area contributed by atoms with Crippen molar-refractivity contribution in [2.45, 2.75) is 71.1 Å². The molecule has 0 amide bonds. The quantitative estimate of drug-likeness (QED) is 0.0917. The Balaban J connectivity index is 3.66. The molecule has 0 radical (unpaired) electrons. The molecule has 6 heteroatoms. The van der Waals surface area contributed by atoms with Gasteiger partial charge in [0.1, 0.15) is 6.54 Å². The van der Waals surface area contributed by atoms with Gasteiger partial charge in [0, 0.05) is 13.5 Å². The number of nitrogens with one attached hydrogen (secondary N) is 1. The molecule has 0 atom stereocenters. The van der Waals surface area contributed by atoms with Gasteiger partial charge in [0.15, 0.2) is 5.96 Å². The van der Waals surface area contributed by atoms with Crippen molar-refractivity contribution in [2.75, 3.05) is 13.6 Å². The minimum atomic E-state index is -0.699. The Morgan fingerprint density at radius 3 is 1.83 bits per heavy atom. The van der Waals surface area contributed by atoms with E-state index in [-0.39, 0.29) is 18.9 Å². The van der Waals surface area contributed by atoms with Crippen LogP contribution in [0.1, 0.15) is 71.1 Å². The summed E-state index contributed by atoms with van der Waals surface area (Å²) < 4.78 is 4.68. The fourth-order valence-electron chi connectivity index (χ4n) is 2.41. The highest BCUT2D eigenvalue weighted by Gasteiger charge is 2.13. The normalized spacial score (nSPS) is 11.8. The van der Waals surface area contributed by atoms with Crippen LogP contribution in [0.2, 0.25) is 0 Å². The van der Waals surface area contributed by atoms with Crippen molar-refractivity contribution in [3.05, 3.63) is 48.6 Å². The summed E-state index contributed by atoms with van der Waals surface area (Å²) >= 11 is 0. The number of guanidine groups is 1. The van der Waals surface area contributed by atoms with Crippen LogP contribution < -0.4 is 5.73 Å². The van der Waals surface area contributed by atoms with Crippen LogP contribution in [-0.4, -0.2) is 36.4 Å². The predicted octanol–water partition coefficient (Wildman–Crippen LogP) is 5.03. The third-order valence-electron chi connectivity index (χ3n) is 4.21. The molecule has 0 unspecified atom stereocenters. The standard InChI is InChI=1S/C24H39N3O3/c1-3-4-5-6-7-8-9-10-11-12-13-14-15-16-17-18-19-20-22(28)30-23(29)21-27(2)24(25)26/h7-8,10-11,13-14,16-17H,3-6,9,12,15,18-21H2,1-2H3,(H3,25,26)/b8-7-,11-10-,14-13-,17-16-. The minimum absolute atomic E-state index is 0.188. The van der Waals surface area contributed by atoms with E-state index in [4.69, 9.17) is 11.1 Å². The van der Waals surface area contributed by atoms with E-state index in [1.807, 2.05) is 6.08 Å². The van der Waals surface area contributed by atoms with E-state index in [9.17, 15) is 9.59 Å². The van der Waals surface area contributed by atoms with E-state index < -0.39 is 11.9 Å². The number of hydrogen-bond acceptors (Lipinski definition) is 4. The highest BCUT2D eigenvalue weighted by atomic mass is 16.6. The molecule has 0 aliphatic carbocycles. The highest BCUT2D eigenvalue weighted by molar-refractivity contribution is 5.88. The van der Waals surface area contributed by atoms with E-state index >= 15 is 0 Å². The molecule has 168 valence electrons. The van der Waals surface area contributed by atoms with Crippen LogP contribution in [0.15, 0.2) is 48.6 Å². The Bertz CT molecular complexity index is 607. The number of ether oxygens (including phenoxy) is 1. The largest absolute Gasteiger partial charge is 0.392 e. The summed E-state index contributed by atoms with van der Waals surface area (Å²) in [6, 6.07) is 0. The Labute approximate surface area is 182 Å². The third kappa shape index (κ3) is 18.7. The van der Waals surface area contributed by atoms with Crippen LogP contribution in [0.3, 0.4) is 0 Å². The molecule has 0 aliphatic heterocycles. The maximum absolute atomic E-state index is 11.6. The first-order chi connectivity index (χ1) is 14.5. The molecule has 0 aliphatic rings. The maximum atomic E-state index is 11.6. The molecular weight excluding hydrogens is 378 g/mol. The van der Waals surface area contributed by atoms with Gasteiger partial charge >= 0.3 is 11.9 Å². The number of carbonyl (C=O) groups excluding carboxylic acids is 2. The van der Waals surface area contributed by atoms with E-state index in [2.05, 4.69) is 54.2 Å². The molecule has 30 heavy (non-hydrogen) atoms. The second-order valence-corrected chi connectivity index (χ2v) is 7.07. The second-order valence-electron chi connectivity index (χ2n) is 7.07. The fourth-order valence-corrected chi connectivity index (χ4v) is 2.41. The van der Waals surface area contributed by atoms with Gasteiger partial charge in [-0.1, -0.05) is 68.4 Å². The van der Waals surface area contributed by atoms with Gasteiger partial charge < -0.3 is 15.4 Å². The number of esters is 2. The lowest BCUT2D eigenvalue weighted by atomic mass is 10.2. The molecule has 0 rings (SSSR count). The average Bonchev–Trinajstić information content (AvgIpc) is 2.70. The van der Waals surface area contributed by atoms with E-state index in [1.165, 1.54) is 37.6 Å². The molecule has 0 aromatic heterocycles. The van der Waals surface area contributed by atoms with Gasteiger partial charge in [0.25, 0.3) is 0 Å². The SMILES string of the molecule is CCCCC/C=C\C/C=C\C/C=C\C/C=C\CCCC(=O)OC(=O)CN(C)C(=N)N. The molecule has 0 saturated carbocycles. The molecule has 0 spiro atoms. The Morgan fingerprint density at radius 1 is 0.833 bits per heavy atom. The van der Waals surface area contributed by atoms with Gasteiger partial charge in [-0.15, -0.1) is 0 Å². The molecule has 6 nitrogen and oxygen atoms in total. The van der Waals surface area contributed by atoms with Gasteiger partial charge in [0.2, 0.25) is 0 Å². The number of nitrogens with two attached hydrogens (primary N) is 1. The average molecular weight is 418 g/mol. The van der Waals surface area contributed by atoms with Gasteiger partial charge in [0.05, 0.1) is 0 Å². The van der Waals surface area contributed by atoms with E-state index in [1.54, 1.807) is 0 Å². The number of hydrogen-bond donors (Lipinski definition) is 2. The van der Waals surface area contributed by atoms with Crippen molar-refractivity contribution in [1.29, 1.82) is 5.41 Å². The number of likely N-dealkylation sites (N-methyl/N-ethyl adjacent to an activating group) is 1. The zero-order valence-corrected chi connectivity index (χ0v) is 18.6. The monoisotopic (exact) mass is 417 g/mol. The second kappa shape index (κ2) is 19.7. The summed E-state index contributed by atoms with van der Waals surface area (Å²) in [5.74, 6) is -1.50. The first kappa shape index (κ1) is 27.4. The summed E-state index contributed by atoms with van der Waals surface area (Å²) in [6.45, 7) is 2.01. The van der Waals surface area contributed by atoms with Crippen LogP contribution in [0.25, 0.3) is 0 Å². The van der Waals surface area contributed by atoms with Crippen LogP contribution in [0, 0.1) is 5.41 Å². The lowest BCUT2D eigenvalue weighted by molar-refractivity contribution is -0.159.